The molecule has 0 saturated carbocycles. The van der Waals surface area contributed by atoms with Gasteiger partial charge in [0.25, 0.3) is 15.9 Å². The van der Waals surface area contributed by atoms with Crippen molar-refractivity contribution in [2.24, 2.45) is 0 Å². The Hall–Kier alpha value is -2.20. The van der Waals surface area contributed by atoms with Crippen molar-refractivity contribution in [3.05, 3.63) is 44.9 Å². The summed E-state index contributed by atoms with van der Waals surface area (Å²) in [6, 6.07) is 8.75. The van der Waals surface area contributed by atoms with Crippen LogP contribution in [0.2, 0.25) is 5.02 Å². The van der Waals surface area contributed by atoms with Gasteiger partial charge in [-0.3, -0.25) is 4.79 Å². The predicted molar refractivity (Wildman–Crippen MR) is 141 cm³/mol. The van der Waals surface area contributed by atoms with Crippen molar-refractivity contribution in [2.45, 2.75) is 49.8 Å². The molecule has 3 aromatic rings. The molecule has 2 aliphatic rings. The quantitative estimate of drug-likeness (QED) is 0.485. The van der Waals surface area contributed by atoms with Gasteiger partial charge in [-0.05, 0) is 37.6 Å². The highest BCUT2D eigenvalue weighted by atomic mass is 35.5. The zero-order valence-electron chi connectivity index (χ0n) is 19.5. The highest BCUT2D eigenvalue weighted by molar-refractivity contribution is 7.89. The van der Waals surface area contributed by atoms with Crippen LogP contribution in [0.5, 0.6) is 0 Å². The number of nitrogens with zero attached hydrogens (tertiary/aromatic N) is 4. The number of benzene rings is 1. The second-order valence-corrected chi connectivity index (χ2v) is 12.4. The number of fused-ring (bicyclic) bond motifs is 2. The maximum atomic E-state index is 13.4. The third kappa shape index (κ3) is 5.11. The molecule has 0 radical (unpaired) electrons. The number of carbonyl (C=O) groups is 1. The first-order chi connectivity index (χ1) is 16.8. The van der Waals surface area contributed by atoms with E-state index >= 15 is 0 Å². The Balaban J connectivity index is 0.00000304. The Morgan fingerprint density at radius 1 is 1.33 bits per heavy atom. The topological polar surface area (TPSA) is 122 Å². The average Bonchev–Trinajstić information content (AvgIpc) is 3.46. The smallest absolute Gasteiger partial charge is 0.283 e. The summed E-state index contributed by atoms with van der Waals surface area (Å²) < 4.78 is 28.3. The van der Waals surface area contributed by atoms with Crippen molar-refractivity contribution >= 4 is 62.2 Å². The molecule has 192 valence electrons. The Kier molecular flexibility index (Phi) is 7.95. The predicted octanol–water partition coefficient (Wildman–Crippen LogP) is 3.55. The number of hydrogen-bond donors (Lipinski definition) is 2. The van der Waals surface area contributed by atoms with Gasteiger partial charge in [0, 0.05) is 71.9 Å². The normalized spacial score (nSPS) is 20.5. The molecule has 2 aliphatic heterocycles. The molecule has 2 unspecified atom stereocenters. The van der Waals surface area contributed by atoms with E-state index < -0.39 is 16.1 Å². The number of sulfonamides is 1. The highest BCUT2D eigenvalue weighted by Crippen LogP contribution is 2.29. The minimum Gasteiger partial charge on any atom is -0.345 e. The van der Waals surface area contributed by atoms with E-state index in [2.05, 4.69) is 28.3 Å². The molecule has 0 bridgehead atoms. The molecule has 2 atom stereocenters. The number of H-pyrrole nitrogens is 1. The van der Waals surface area contributed by atoms with Crippen molar-refractivity contribution in [2.75, 3.05) is 19.6 Å². The summed E-state index contributed by atoms with van der Waals surface area (Å²) in [6.07, 6.45) is 1.39. The minimum atomic E-state index is -3.82. The van der Waals surface area contributed by atoms with Gasteiger partial charge in [-0.15, -0.1) is 23.7 Å². The first-order valence-corrected chi connectivity index (χ1v) is 14.1. The van der Waals surface area contributed by atoms with E-state index in [4.69, 9.17) is 16.9 Å². The lowest BCUT2D eigenvalue weighted by molar-refractivity contribution is 0.0552. The molecular weight excluding hydrogens is 543 g/mol. The number of nitrogens with one attached hydrogen (secondary N) is 2. The number of amides is 1. The molecule has 4 heterocycles. The number of nitriles is 1. The van der Waals surface area contributed by atoms with Crippen molar-refractivity contribution in [1.82, 2.24) is 24.5 Å². The zero-order valence-corrected chi connectivity index (χ0v) is 22.7. The number of aromatic amines is 1. The van der Waals surface area contributed by atoms with Crippen molar-refractivity contribution < 1.29 is 13.2 Å². The van der Waals surface area contributed by atoms with E-state index in [1.807, 2.05) is 0 Å². The summed E-state index contributed by atoms with van der Waals surface area (Å²) in [5, 5.41) is 14.3. The number of aromatic nitrogens is 2. The third-order valence-corrected chi connectivity index (χ3v) is 9.65. The van der Waals surface area contributed by atoms with Crippen LogP contribution in [-0.4, -0.2) is 65.2 Å². The lowest BCUT2D eigenvalue weighted by Gasteiger charge is -2.40. The van der Waals surface area contributed by atoms with Crippen LogP contribution in [0.15, 0.2) is 29.3 Å². The third-order valence-electron chi connectivity index (χ3n) is 6.54. The first kappa shape index (κ1) is 26.9. The fraction of sp³-hybridized carbons (Fsp3) is 0.435. The van der Waals surface area contributed by atoms with Gasteiger partial charge >= 0.3 is 0 Å². The summed E-state index contributed by atoms with van der Waals surface area (Å²) in [6.45, 7) is 3.30. The minimum absolute atomic E-state index is 0. The Bertz CT molecular complexity index is 1430. The number of carbonyl (C=O) groups excluding carboxylic acids is 1. The van der Waals surface area contributed by atoms with Crippen LogP contribution in [0.4, 0.5) is 0 Å². The molecule has 2 aromatic heterocycles. The van der Waals surface area contributed by atoms with Gasteiger partial charge in [-0.1, -0.05) is 11.6 Å². The van der Waals surface area contributed by atoms with Crippen molar-refractivity contribution in [1.29, 1.82) is 5.26 Å². The molecule has 9 nitrogen and oxygen atoms in total. The largest absolute Gasteiger partial charge is 0.345 e. The fourth-order valence-corrected chi connectivity index (χ4v) is 7.33. The second-order valence-electron chi connectivity index (χ2n) is 8.95. The molecule has 1 saturated heterocycles. The molecule has 1 aromatic carbocycles. The number of piperazine rings is 1. The monoisotopic (exact) mass is 568 g/mol. The molecule has 13 heteroatoms. The van der Waals surface area contributed by atoms with E-state index in [-0.39, 0.29) is 49.4 Å². The van der Waals surface area contributed by atoms with Crippen LogP contribution in [0.3, 0.4) is 0 Å². The van der Waals surface area contributed by atoms with Crippen LogP contribution in [-0.2, 0) is 23.0 Å². The SMILES string of the molecule is CC1Cc2nc(C(=O)N3CCN(S(=O)(=O)c4cc5cc(Cl)ccc5[nH]4)CC3CCC#N)sc2CN1.Cl. The number of thiazole rings is 1. The maximum absolute atomic E-state index is 13.4. The van der Waals surface area contributed by atoms with Gasteiger partial charge in [-0.25, -0.2) is 13.4 Å². The highest BCUT2D eigenvalue weighted by Gasteiger charge is 2.38. The zero-order chi connectivity index (χ0) is 24.7. The van der Waals surface area contributed by atoms with E-state index in [0.717, 1.165) is 17.0 Å². The summed E-state index contributed by atoms with van der Waals surface area (Å²) in [7, 11) is -3.82. The molecule has 0 spiro atoms. The van der Waals surface area contributed by atoms with Crippen LogP contribution in [0, 0.1) is 11.3 Å². The van der Waals surface area contributed by atoms with E-state index in [9.17, 15) is 13.2 Å². The van der Waals surface area contributed by atoms with E-state index in [1.54, 1.807) is 29.2 Å². The Labute approximate surface area is 224 Å². The summed E-state index contributed by atoms with van der Waals surface area (Å²) in [5.74, 6) is -0.197. The molecule has 1 fully saturated rings. The van der Waals surface area contributed by atoms with E-state index in [1.165, 1.54) is 15.6 Å². The van der Waals surface area contributed by atoms with Crippen LogP contribution in [0.25, 0.3) is 10.9 Å². The van der Waals surface area contributed by atoms with Crippen molar-refractivity contribution in [3.8, 4) is 6.07 Å². The molecule has 5 rings (SSSR count). The van der Waals surface area contributed by atoms with Gasteiger partial charge in [0.15, 0.2) is 5.01 Å². The van der Waals surface area contributed by atoms with Gasteiger partial charge < -0.3 is 15.2 Å². The fourth-order valence-electron chi connectivity index (χ4n) is 4.67. The Morgan fingerprint density at radius 3 is 2.92 bits per heavy atom. The van der Waals surface area contributed by atoms with Gasteiger partial charge in [0.1, 0.15) is 5.03 Å². The summed E-state index contributed by atoms with van der Waals surface area (Å²) in [5.41, 5.74) is 1.64. The molecular formula is C23H26Cl2N6O3S2. The maximum Gasteiger partial charge on any atom is 0.283 e. The van der Waals surface area contributed by atoms with Crippen LogP contribution >= 0.6 is 35.3 Å². The first-order valence-electron chi connectivity index (χ1n) is 11.4. The summed E-state index contributed by atoms with van der Waals surface area (Å²) in [4.78, 5) is 23.8. The summed E-state index contributed by atoms with van der Waals surface area (Å²) >= 11 is 7.44. The van der Waals surface area contributed by atoms with Crippen molar-refractivity contribution in [3.63, 3.8) is 0 Å². The lowest BCUT2D eigenvalue weighted by Crippen LogP contribution is -2.56. The van der Waals surface area contributed by atoms with Gasteiger partial charge in [0.05, 0.1) is 11.8 Å². The molecule has 0 aliphatic carbocycles. The van der Waals surface area contributed by atoms with E-state index in [0.29, 0.717) is 39.9 Å². The molecule has 1 amide bonds. The van der Waals surface area contributed by atoms with Crippen LogP contribution < -0.4 is 5.32 Å². The number of rotatable bonds is 5. The standard InChI is InChI=1S/C23H25ClN6O3S2.ClH/c1-14-9-19-20(12-26-14)34-22(28-19)23(31)30-8-7-29(13-17(30)3-2-6-25)35(32,33)21-11-15-10-16(24)4-5-18(15)27-21;/h4-5,10-11,14,17,26-27H,2-3,7-9,12-13H2,1H3;1H. The lowest BCUT2D eigenvalue weighted by atomic mass is 10.1. The number of halogens is 2. The van der Waals surface area contributed by atoms with Crippen LogP contribution in [0.1, 0.15) is 40.1 Å². The molecule has 36 heavy (non-hydrogen) atoms. The Morgan fingerprint density at radius 2 is 2.14 bits per heavy atom. The average molecular weight is 570 g/mol. The molecule has 2 N–H and O–H groups in total. The van der Waals surface area contributed by atoms with Gasteiger partial charge in [0.2, 0.25) is 0 Å². The van der Waals surface area contributed by atoms with Gasteiger partial charge in [-0.2, -0.15) is 9.57 Å². The second kappa shape index (κ2) is 10.7. The number of hydrogen-bond acceptors (Lipinski definition) is 7.